The minimum absolute atomic E-state index is 0.585. The fourth-order valence-corrected chi connectivity index (χ4v) is 2.43. The normalized spacial score (nSPS) is 10.5. The summed E-state index contributed by atoms with van der Waals surface area (Å²) < 4.78 is 0.861. The summed E-state index contributed by atoms with van der Waals surface area (Å²) in [5, 5.41) is 3.81. The Kier molecular flexibility index (Phi) is 5.19. The second kappa shape index (κ2) is 6.89. The van der Waals surface area contributed by atoms with E-state index in [0.29, 0.717) is 17.4 Å². The molecule has 1 aromatic carbocycles. The van der Waals surface area contributed by atoms with Gasteiger partial charge in [0.2, 0.25) is 0 Å². The predicted octanol–water partition coefficient (Wildman–Crippen LogP) is 4.13. The number of hydrogen-bond donors (Lipinski definition) is 2. The van der Waals surface area contributed by atoms with Gasteiger partial charge in [-0.3, -0.25) is 0 Å². The molecule has 0 aliphatic rings. The van der Waals surface area contributed by atoms with Crippen molar-refractivity contribution in [3.8, 4) is 0 Å². The maximum atomic E-state index is 6.13. The number of pyridine rings is 1. The van der Waals surface area contributed by atoms with Crippen molar-refractivity contribution < 1.29 is 0 Å². The van der Waals surface area contributed by atoms with Crippen LogP contribution in [0.15, 0.2) is 41.0 Å². The Morgan fingerprint density at radius 2 is 2.16 bits per heavy atom. The van der Waals surface area contributed by atoms with Crippen LogP contribution in [0.5, 0.6) is 0 Å². The quantitative estimate of drug-likeness (QED) is 0.860. The minimum atomic E-state index is 0.585. The van der Waals surface area contributed by atoms with Crippen LogP contribution in [0.2, 0.25) is 5.02 Å². The third kappa shape index (κ3) is 4.20. The van der Waals surface area contributed by atoms with Crippen LogP contribution < -0.4 is 11.1 Å². The molecule has 0 radical (unpaired) electrons. The topological polar surface area (TPSA) is 50.9 Å². The van der Waals surface area contributed by atoms with E-state index in [1.807, 2.05) is 18.2 Å². The summed E-state index contributed by atoms with van der Waals surface area (Å²) in [4.78, 5) is 4.25. The molecule has 3 N–H and O–H groups in total. The lowest BCUT2D eigenvalue weighted by molar-refractivity contribution is 0.833. The van der Waals surface area contributed by atoms with Crippen LogP contribution in [0, 0.1) is 0 Å². The molecule has 0 saturated carbocycles. The highest BCUT2D eigenvalue weighted by Crippen LogP contribution is 2.26. The van der Waals surface area contributed by atoms with Gasteiger partial charge in [-0.15, -0.1) is 0 Å². The van der Waals surface area contributed by atoms with Crippen molar-refractivity contribution in [3.05, 3.63) is 51.6 Å². The molecule has 100 valence electrons. The van der Waals surface area contributed by atoms with Gasteiger partial charge in [0.15, 0.2) is 0 Å². The summed E-state index contributed by atoms with van der Waals surface area (Å²) >= 11 is 9.47. The SMILES string of the molecule is NCCCc1cccc(Nc2ncc(Br)cc2Cl)c1. The number of rotatable bonds is 5. The molecule has 0 spiro atoms. The van der Waals surface area contributed by atoms with Gasteiger partial charge in [0.25, 0.3) is 0 Å². The molecule has 3 nitrogen and oxygen atoms in total. The van der Waals surface area contributed by atoms with Crippen LogP contribution in [-0.4, -0.2) is 11.5 Å². The zero-order valence-electron chi connectivity index (χ0n) is 10.4. The number of benzene rings is 1. The van der Waals surface area contributed by atoms with Gasteiger partial charge in [0.1, 0.15) is 5.82 Å². The number of aryl methyl sites for hydroxylation is 1. The van der Waals surface area contributed by atoms with Crippen LogP contribution in [0.4, 0.5) is 11.5 Å². The van der Waals surface area contributed by atoms with Crippen LogP contribution >= 0.6 is 27.5 Å². The van der Waals surface area contributed by atoms with Crippen LogP contribution in [0.1, 0.15) is 12.0 Å². The Labute approximate surface area is 126 Å². The highest BCUT2D eigenvalue weighted by molar-refractivity contribution is 9.10. The summed E-state index contributed by atoms with van der Waals surface area (Å²) in [7, 11) is 0. The zero-order valence-corrected chi connectivity index (χ0v) is 12.7. The molecule has 0 atom stereocenters. The number of nitrogens with zero attached hydrogens (tertiary/aromatic N) is 1. The first kappa shape index (κ1) is 14.3. The van der Waals surface area contributed by atoms with Crippen LogP contribution in [0.3, 0.4) is 0 Å². The maximum absolute atomic E-state index is 6.13. The predicted molar refractivity (Wildman–Crippen MR) is 84.0 cm³/mol. The lowest BCUT2D eigenvalue weighted by Crippen LogP contribution is -2.01. The average Bonchev–Trinajstić information content (AvgIpc) is 2.40. The molecular formula is C14H15BrClN3. The van der Waals surface area contributed by atoms with Crippen molar-refractivity contribution in [1.82, 2.24) is 4.98 Å². The molecule has 0 saturated heterocycles. The lowest BCUT2D eigenvalue weighted by atomic mass is 10.1. The van der Waals surface area contributed by atoms with E-state index >= 15 is 0 Å². The first-order valence-electron chi connectivity index (χ1n) is 6.06. The molecular weight excluding hydrogens is 326 g/mol. The zero-order chi connectivity index (χ0) is 13.7. The van der Waals surface area contributed by atoms with E-state index in [1.54, 1.807) is 6.20 Å². The van der Waals surface area contributed by atoms with E-state index in [4.69, 9.17) is 17.3 Å². The Hall–Kier alpha value is -1.10. The van der Waals surface area contributed by atoms with Crippen molar-refractivity contribution in [2.75, 3.05) is 11.9 Å². The Morgan fingerprint density at radius 1 is 1.32 bits per heavy atom. The highest BCUT2D eigenvalue weighted by Gasteiger charge is 2.03. The number of hydrogen-bond acceptors (Lipinski definition) is 3. The smallest absolute Gasteiger partial charge is 0.149 e. The summed E-state index contributed by atoms with van der Waals surface area (Å²) in [5.41, 5.74) is 7.76. The molecule has 5 heteroatoms. The first-order valence-corrected chi connectivity index (χ1v) is 7.23. The molecule has 0 fully saturated rings. The van der Waals surface area contributed by atoms with E-state index in [-0.39, 0.29) is 0 Å². The number of nitrogens with one attached hydrogen (secondary N) is 1. The van der Waals surface area contributed by atoms with Gasteiger partial charge in [0.05, 0.1) is 5.02 Å². The van der Waals surface area contributed by atoms with Crippen molar-refractivity contribution in [2.45, 2.75) is 12.8 Å². The molecule has 2 aromatic rings. The van der Waals surface area contributed by atoms with Gasteiger partial charge in [-0.2, -0.15) is 0 Å². The minimum Gasteiger partial charge on any atom is -0.339 e. The van der Waals surface area contributed by atoms with Crippen molar-refractivity contribution in [2.24, 2.45) is 5.73 Å². The van der Waals surface area contributed by atoms with E-state index in [0.717, 1.165) is 23.0 Å². The fraction of sp³-hybridized carbons (Fsp3) is 0.214. The Bertz CT molecular complexity index is 560. The number of aromatic nitrogens is 1. The van der Waals surface area contributed by atoms with Gasteiger partial charge in [-0.25, -0.2) is 4.98 Å². The summed E-state index contributed by atoms with van der Waals surface area (Å²) in [6, 6.07) is 10.0. The molecule has 0 aliphatic carbocycles. The standard InChI is InChI=1S/C14H15BrClN3/c15-11-8-13(16)14(18-9-11)19-12-5-1-3-10(7-12)4-2-6-17/h1,3,5,7-9H,2,4,6,17H2,(H,18,19). The lowest BCUT2D eigenvalue weighted by Gasteiger charge is -2.09. The number of nitrogens with two attached hydrogens (primary N) is 1. The first-order chi connectivity index (χ1) is 9.19. The van der Waals surface area contributed by atoms with Gasteiger partial charge in [-0.1, -0.05) is 23.7 Å². The molecule has 19 heavy (non-hydrogen) atoms. The van der Waals surface area contributed by atoms with Gasteiger partial charge in [-0.05, 0) is 59.1 Å². The highest BCUT2D eigenvalue weighted by atomic mass is 79.9. The van der Waals surface area contributed by atoms with E-state index < -0.39 is 0 Å². The third-order valence-corrected chi connectivity index (χ3v) is 3.39. The molecule has 1 aromatic heterocycles. The Morgan fingerprint density at radius 3 is 2.89 bits per heavy atom. The van der Waals surface area contributed by atoms with E-state index in [1.165, 1.54) is 5.56 Å². The van der Waals surface area contributed by atoms with Crippen molar-refractivity contribution in [3.63, 3.8) is 0 Å². The monoisotopic (exact) mass is 339 g/mol. The molecule has 1 heterocycles. The van der Waals surface area contributed by atoms with Crippen LogP contribution in [0.25, 0.3) is 0 Å². The summed E-state index contributed by atoms with van der Waals surface area (Å²) in [6.07, 6.45) is 3.68. The molecule has 2 rings (SSSR count). The van der Waals surface area contributed by atoms with Crippen molar-refractivity contribution >= 4 is 39.0 Å². The van der Waals surface area contributed by atoms with E-state index in [2.05, 4.69) is 38.4 Å². The summed E-state index contributed by atoms with van der Waals surface area (Å²) in [5.74, 6) is 0.654. The maximum Gasteiger partial charge on any atom is 0.149 e. The largest absolute Gasteiger partial charge is 0.339 e. The van der Waals surface area contributed by atoms with Crippen LogP contribution in [-0.2, 0) is 6.42 Å². The second-order valence-corrected chi connectivity index (χ2v) is 5.52. The van der Waals surface area contributed by atoms with Gasteiger partial charge >= 0.3 is 0 Å². The number of anilines is 2. The molecule has 0 aliphatic heterocycles. The van der Waals surface area contributed by atoms with Gasteiger partial charge < -0.3 is 11.1 Å². The number of halogens is 2. The second-order valence-electron chi connectivity index (χ2n) is 4.20. The van der Waals surface area contributed by atoms with E-state index in [9.17, 15) is 0 Å². The molecule has 0 bridgehead atoms. The Balaban J connectivity index is 2.14. The summed E-state index contributed by atoms with van der Waals surface area (Å²) in [6.45, 7) is 0.706. The third-order valence-electron chi connectivity index (χ3n) is 2.67. The molecule has 0 unspecified atom stereocenters. The van der Waals surface area contributed by atoms with Crippen molar-refractivity contribution in [1.29, 1.82) is 0 Å². The van der Waals surface area contributed by atoms with Gasteiger partial charge in [0, 0.05) is 16.4 Å². The average molecular weight is 341 g/mol. The molecule has 0 amide bonds. The fourth-order valence-electron chi connectivity index (χ4n) is 1.75.